The topological polar surface area (TPSA) is 116 Å². The molecule has 1 saturated heterocycles. The average Bonchev–Trinajstić information content (AvgIpc) is 3.40. The van der Waals surface area contributed by atoms with Crippen molar-refractivity contribution in [2.45, 2.75) is 50.0 Å². The molecule has 1 aromatic carbocycles. The maximum atomic E-state index is 10.4. The number of aliphatic hydroxyl groups is 4. The Kier molecular flexibility index (Phi) is 6.26. The van der Waals surface area contributed by atoms with Crippen LogP contribution in [0.3, 0.4) is 0 Å². The largest absolute Gasteiger partial charge is 0.463 e. The third-order valence-corrected chi connectivity index (χ3v) is 6.56. The molecule has 1 aliphatic rings. The lowest BCUT2D eigenvalue weighted by Gasteiger charge is -2.42. The van der Waals surface area contributed by atoms with Gasteiger partial charge in [0.1, 0.15) is 36.3 Å². The second-order valence-corrected chi connectivity index (χ2v) is 8.88. The smallest absolute Gasteiger partial charge is 0.145 e. The lowest BCUT2D eigenvalue weighted by Crippen LogP contribution is -2.57. The van der Waals surface area contributed by atoms with Crippen molar-refractivity contribution in [3.63, 3.8) is 0 Å². The number of hydrogen-bond donors (Lipinski definition) is 4. The van der Waals surface area contributed by atoms with Crippen LogP contribution in [-0.4, -0.2) is 55.9 Å². The fraction of sp³-hybridized carbons (Fsp3) is 0.381. The number of nitrogens with zero attached hydrogens (tertiary/aromatic N) is 1. The summed E-state index contributed by atoms with van der Waals surface area (Å²) in [5.74, 6) is 0.744. The third-order valence-electron chi connectivity index (χ3n) is 5.18. The Labute approximate surface area is 182 Å². The first kappa shape index (κ1) is 21.5. The van der Waals surface area contributed by atoms with E-state index in [0.29, 0.717) is 17.0 Å². The van der Waals surface area contributed by atoms with Crippen molar-refractivity contribution in [1.82, 2.24) is 4.98 Å². The van der Waals surface area contributed by atoms with E-state index < -0.39 is 36.6 Å². The summed E-state index contributed by atoms with van der Waals surface area (Å²) in [7, 11) is 0. The van der Waals surface area contributed by atoms with E-state index in [2.05, 4.69) is 4.98 Å². The molecule has 1 aliphatic heterocycles. The van der Waals surface area contributed by atoms with Gasteiger partial charge >= 0.3 is 0 Å². The third kappa shape index (κ3) is 4.17. The number of thiazole rings is 1. The molecule has 0 spiro atoms. The molecular formula is C21H22ClNO6S. The van der Waals surface area contributed by atoms with E-state index in [1.807, 2.05) is 12.1 Å². The Morgan fingerprint density at radius 1 is 1.17 bits per heavy atom. The first-order valence-corrected chi connectivity index (χ1v) is 10.7. The van der Waals surface area contributed by atoms with Crippen LogP contribution in [0.15, 0.2) is 47.2 Å². The summed E-state index contributed by atoms with van der Waals surface area (Å²) in [5.41, 5.74) is 1.36. The van der Waals surface area contributed by atoms with Crippen LogP contribution < -0.4 is 0 Å². The van der Waals surface area contributed by atoms with Crippen LogP contribution in [0.5, 0.6) is 0 Å². The van der Waals surface area contributed by atoms with E-state index >= 15 is 0 Å². The second-order valence-electron chi connectivity index (χ2n) is 7.36. The van der Waals surface area contributed by atoms with E-state index in [0.717, 1.165) is 21.2 Å². The van der Waals surface area contributed by atoms with Crippen molar-refractivity contribution in [3.8, 4) is 10.6 Å². The van der Waals surface area contributed by atoms with Crippen LogP contribution in [0.1, 0.15) is 29.2 Å². The van der Waals surface area contributed by atoms with E-state index in [9.17, 15) is 20.4 Å². The highest BCUT2D eigenvalue weighted by molar-refractivity contribution is 7.15. The van der Waals surface area contributed by atoms with Crippen molar-refractivity contribution >= 4 is 22.9 Å². The van der Waals surface area contributed by atoms with Gasteiger partial charge in [-0.05, 0) is 36.2 Å². The number of aliphatic hydroxyl groups excluding tert-OH is 4. The molecule has 7 nitrogen and oxygen atoms in total. The summed E-state index contributed by atoms with van der Waals surface area (Å²) in [6.07, 6.45) is -3.34. The number of furan rings is 1. The molecule has 6 atom stereocenters. The normalized spacial score (nSPS) is 27.9. The standard InChI is InChI=1S/C21H22ClNO6S/c1-10(24)20-18(26)17(25)19(27)21(29-20)11-4-5-13(22)12(7-11)8-16-23-9-15(30-16)14-3-2-6-28-14/h2-7,9-10,17-21,24-27H,8H2,1H3/t10?,17-,18-,19?,20+,21?/m0/s1. The molecule has 0 aliphatic carbocycles. The Hall–Kier alpha value is -1.78. The number of ether oxygens (including phenoxy) is 1. The summed E-state index contributed by atoms with van der Waals surface area (Å²) in [6, 6.07) is 8.85. The molecule has 0 radical (unpaired) electrons. The molecule has 0 amide bonds. The second kappa shape index (κ2) is 8.76. The maximum absolute atomic E-state index is 10.4. The Morgan fingerprint density at radius 3 is 2.67 bits per heavy atom. The van der Waals surface area contributed by atoms with Gasteiger partial charge in [-0.2, -0.15) is 0 Å². The highest BCUT2D eigenvalue weighted by Gasteiger charge is 2.45. The quantitative estimate of drug-likeness (QED) is 0.471. The predicted molar refractivity (Wildman–Crippen MR) is 111 cm³/mol. The molecule has 4 rings (SSSR count). The van der Waals surface area contributed by atoms with Crippen molar-refractivity contribution in [2.24, 2.45) is 0 Å². The molecule has 3 heterocycles. The monoisotopic (exact) mass is 451 g/mol. The van der Waals surface area contributed by atoms with Gasteiger partial charge in [0.05, 0.1) is 22.3 Å². The predicted octanol–water partition coefficient (Wildman–Crippen LogP) is 2.55. The average molecular weight is 452 g/mol. The first-order valence-electron chi connectivity index (χ1n) is 9.49. The summed E-state index contributed by atoms with van der Waals surface area (Å²) in [4.78, 5) is 5.34. The van der Waals surface area contributed by atoms with Gasteiger partial charge in [0.2, 0.25) is 0 Å². The van der Waals surface area contributed by atoms with Gasteiger partial charge in [-0.1, -0.05) is 23.7 Å². The zero-order chi connectivity index (χ0) is 21.4. The van der Waals surface area contributed by atoms with E-state index in [1.54, 1.807) is 30.7 Å². The Morgan fingerprint density at radius 2 is 1.97 bits per heavy atom. The molecule has 30 heavy (non-hydrogen) atoms. The van der Waals surface area contributed by atoms with Crippen LogP contribution in [0.2, 0.25) is 5.02 Å². The molecule has 2 aromatic heterocycles. The van der Waals surface area contributed by atoms with E-state index in [-0.39, 0.29) is 0 Å². The maximum Gasteiger partial charge on any atom is 0.145 e. The van der Waals surface area contributed by atoms with Gasteiger partial charge in [-0.25, -0.2) is 4.98 Å². The zero-order valence-electron chi connectivity index (χ0n) is 16.1. The highest BCUT2D eigenvalue weighted by atomic mass is 35.5. The van der Waals surface area contributed by atoms with Crippen LogP contribution in [-0.2, 0) is 11.2 Å². The minimum Gasteiger partial charge on any atom is -0.463 e. The summed E-state index contributed by atoms with van der Waals surface area (Å²) < 4.78 is 11.1. The molecule has 3 unspecified atom stereocenters. The fourth-order valence-electron chi connectivity index (χ4n) is 3.58. The van der Waals surface area contributed by atoms with Crippen molar-refractivity contribution in [2.75, 3.05) is 0 Å². The molecule has 0 bridgehead atoms. The van der Waals surface area contributed by atoms with Crippen LogP contribution in [0.4, 0.5) is 0 Å². The summed E-state index contributed by atoms with van der Waals surface area (Å²) >= 11 is 7.88. The number of benzene rings is 1. The fourth-order valence-corrected chi connectivity index (χ4v) is 4.67. The van der Waals surface area contributed by atoms with E-state index in [1.165, 1.54) is 18.3 Å². The van der Waals surface area contributed by atoms with Gasteiger partial charge in [0.25, 0.3) is 0 Å². The molecule has 3 aromatic rings. The SMILES string of the molecule is CC(O)[C@H]1OC(c2ccc(Cl)c(Cc3ncc(-c4ccco4)s3)c2)C(O)[C@@H](O)[C@@H]1O. The zero-order valence-corrected chi connectivity index (χ0v) is 17.6. The summed E-state index contributed by atoms with van der Waals surface area (Å²) in [6.45, 7) is 1.46. The minimum atomic E-state index is -1.45. The van der Waals surface area contributed by atoms with E-state index in [4.69, 9.17) is 20.8 Å². The molecule has 0 saturated carbocycles. The summed E-state index contributed by atoms with van der Waals surface area (Å²) in [5, 5.41) is 42.0. The van der Waals surface area contributed by atoms with Crippen LogP contribution in [0, 0.1) is 0 Å². The first-order chi connectivity index (χ1) is 14.3. The van der Waals surface area contributed by atoms with Gasteiger partial charge in [0.15, 0.2) is 0 Å². The Balaban J connectivity index is 1.58. The minimum absolute atomic E-state index is 0.464. The van der Waals surface area contributed by atoms with Gasteiger partial charge in [-0.15, -0.1) is 11.3 Å². The van der Waals surface area contributed by atoms with Crippen molar-refractivity contribution in [3.05, 3.63) is 63.9 Å². The number of halogens is 1. The van der Waals surface area contributed by atoms with Gasteiger partial charge < -0.3 is 29.6 Å². The highest BCUT2D eigenvalue weighted by Crippen LogP contribution is 2.36. The molecule has 9 heteroatoms. The number of rotatable bonds is 5. The lowest BCUT2D eigenvalue weighted by molar-refractivity contribution is -0.243. The molecule has 4 N–H and O–H groups in total. The van der Waals surface area contributed by atoms with Gasteiger partial charge in [-0.3, -0.25) is 0 Å². The van der Waals surface area contributed by atoms with Crippen LogP contribution >= 0.6 is 22.9 Å². The molecular weight excluding hydrogens is 430 g/mol. The Bertz CT molecular complexity index is 991. The van der Waals surface area contributed by atoms with Gasteiger partial charge in [0, 0.05) is 17.6 Å². The van der Waals surface area contributed by atoms with Crippen molar-refractivity contribution < 1.29 is 29.6 Å². The molecule has 160 valence electrons. The molecule has 1 fully saturated rings. The van der Waals surface area contributed by atoms with Crippen LogP contribution in [0.25, 0.3) is 10.6 Å². The van der Waals surface area contributed by atoms with Crippen molar-refractivity contribution in [1.29, 1.82) is 0 Å². The number of aromatic nitrogens is 1. The lowest BCUT2D eigenvalue weighted by atomic mass is 9.89. The number of hydrogen-bond acceptors (Lipinski definition) is 8.